The van der Waals surface area contributed by atoms with Gasteiger partial charge in [0.25, 0.3) is 0 Å². The Morgan fingerprint density at radius 2 is 1.85 bits per heavy atom. The monoisotopic (exact) mass is 365 g/mol. The van der Waals surface area contributed by atoms with Crippen molar-refractivity contribution in [3.63, 3.8) is 0 Å². The average molecular weight is 365 g/mol. The van der Waals surface area contributed by atoms with Crippen molar-refractivity contribution in [1.82, 2.24) is 0 Å². The molecule has 0 aliphatic carbocycles. The number of hydrogen-bond donors (Lipinski definition) is 0. The van der Waals surface area contributed by atoms with Gasteiger partial charge in [0.1, 0.15) is 12.2 Å². The highest BCUT2D eigenvalue weighted by molar-refractivity contribution is 6.03. The molecule has 1 heterocycles. The molecular weight excluding hydrogens is 342 g/mol. The van der Waals surface area contributed by atoms with Gasteiger partial charge in [-0.25, -0.2) is 0 Å². The summed E-state index contributed by atoms with van der Waals surface area (Å²) in [6.45, 7) is 6.36. The minimum atomic E-state index is -0.311. The number of ether oxygens (including phenoxy) is 1. The Labute approximate surface area is 158 Å². The highest BCUT2D eigenvalue weighted by Crippen LogP contribution is 2.40. The van der Waals surface area contributed by atoms with Crippen LogP contribution in [0.2, 0.25) is 0 Å². The fourth-order valence-corrected chi connectivity index (χ4v) is 3.03. The van der Waals surface area contributed by atoms with E-state index in [1.165, 1.54) is 6.92 Å². The zero-order chi connectivity index (χ0) is 19.4. The minimum absolute atomic E-state index is 0.233. The quantitative estimate of drug-likeness (QED) is 0.446. The number of carbonyl (C=O) groups excluding carboxylic acids is 2. The van der Waals surface area contributed by atoms with Crippen LogP contribution in [0.5, 0.6) is 0 Å². The molecule has 0 aliphatic heterocycles. The lowest BCUT2D eigenvalue weighted by Crippen LogP contribution is -2.26. The van der Waals surface area contributed by atoms with Crippen molar-refractivity contribution in [1.29, 1.82) is 0 Å². The van der Waals surface area contributed by atoms with Gasteiger partial charge in [0, 0.05) is 24.4 Å². The lowest BCUT2D eigenvalue weighted by molar-refractivity contribution is -0.142. The van der Waals surface area contributed by atoms with Gasteiger partial charge in [-0.05, 0) is 23.6 Å². The molecule has 3 rings (SSSR count). The Hall–Kier alpha value is -3.08. The number of nitrogens with zero attached hydrogens (tertiary/aromatic N) is 1. The number of furan rings is 1. The van der Waals surface area contributed by atoms with E-state index >= 15 is 0 Å². The van der Waals surface area contributed by atoms with E-state index in [-0.39, 0.29) is 12.6 Å². The van der Waals surface area contributed by atoms with E-state index < -0.39 is 0 Å². The number of para-hydroxylation sites is 1. The summed E-state index contributed by atoms with van der Waals surface area (Å²) in [7, 11) is 0. The largest absolute Gasteiger partial charge is 0.461 e. The number of hydrogen-bond acceptors (Lipinski definition) is 4. The highest BCUT2D eigenvalue weighted by Gasteiger charge is 2.21. The summed E-state index contributed by atoms with van der Waals surface area (Å²) in [6.07, 6.45) is 0.857. The van der Waals surface area contributed by atoms with Gasteiger partial charge in [-0.3, -0.25) is 9.59 Å². The number of amides is 1. The van der Waals surface area contributed by atoms with E-state index in [4.69, 9.17) is 9.15 Å². The van der Waals surface area contributed by atoms with E-state index in [0.717, 1.165) is 34.2 Å². The van der Waals surface area contributed by atoms with Crippen LogP contribution in [0.4, 0.5) is 5.69 Å². The van der Waals surface area contributed by atoms with Crippen molar-refractivity contribution in [3.8, 4) is 11.3 Å². The second kappa shape index (κ2) is 8.08. The van der Waals surface area contributed by atoms with Crippen molar-refractivity contribution in [2.45, 2.75) is 27.4 Å². The fraction of sp³-hybridized carbons (Fsp3) is 0.273. The van der Waals surface area contributed by atoms with Crippen LogP contribution in [0.3, 0.4) is 0 Å². The molecule has 0 aliphatic rings. The molecule has 0 atom stereocenters. The van der Waals surface area contributed by atoms with Gasteiger partial charge in [0.05, 0.1) is 5.69 Å². The summed E-state index contributed by atoms with van der Waals surface area (Å²) in [6, 6.07) is 15.3. The van der Waals surface area contributed by atoms with E-state index in [1.54, 1.807) is 4.90 Å². The third kappa shape index (κ3) is 4.19. The molecular formula is C22H23NO4. The molecule has 1 amide bonds. The third-order valence-electron chi connectivity index (χ3n) is 4.20. The number of benzene rings is 2. The normalized spacial score (nSPS) is 11.0. The Bertz CT molecular complexity index is 941. The summed E-state index contributed by atoms with van der Waals surface area (Å²) in [5, 5.41) is 0.907. The molecule has 2 aromatic carbocycles. The van der Waals surface area contributed by atoms with Gasteiger partial charge >= 0.3 is 5.97 Å². The SMILES string of the molecule is CC(=O)OCc1ccc(-c2oc3ccccc3c2N(C=O)CC(C)C)cc1. The van der Waals surface area contributed by atoms with Crippen molar-refractivity contribution < 1.29 is 18.7 Å². The van der Waals surface area contributed by atoms with Crippen LogP contribution in [0.15, 0.2) is 52.9 Å². The zero-order valence-electron chi connectivity index (χ0n) is 15.8. The average Bonchev–Trinajstić information content (AvgIpc) is 3.04. The predicted molar refractivity (Wildman–Crippen MR) is 105 cm³/mol. The highest BCUT2D eigenvalue weighted by atomic mass is 16.5. The van der Waals surface area contributed by atoms with Crippen LogP contribution in [0, 0.1) is 5.92 Å². The summed E-state index contributed by atoms with van der Waals surface area (Å²) in [4.78, 5) is 24.5. The standard InChI is InChI=1S/C22H23NO4/c1-15(2)12-23(14-24)21-19-6-4-5-7-20(19)27-22(21)18-10-8-17(9-11-18)13-26-16(3)25/h4-11,14-15H,12-13H2,1-3H3. The molecule has 27 heavy (non-hydrogen) atoms. The van der Waals surface area contributed by atoms with Crippen molar-refractivity contribution >= 4 is 29.0 Å². The van der Waals surface area contributed by atoms with Gasteiger partial charge in [0.15, 0.2) is 5.76 Å². The van der Waals surface area contributed by atoms with Gasteiger partial charge in [0.2, 0.25) is 6.41 Å². The Morgan fingerprint density at radius 1 is 1.15 bits per heavy atom. The van der Waals surface area contributed by atoms with Crippen molar-refractivity contribution in [2.75, 3.05) is 11.4 Å². The summed E-state index contributed by atoms with van der Waals surface area (Å²) in [5.74, 6) is 0.666. The molecule has 0 spiro atoms. The number of rotatable bonds is 7. The van der Waals surface area contributed by atoms with E-state index in [2.05, 4.69) is 13.8 Å². The number of carbonyl (C=O) groups is 2. The molecule has 140 valence electrons. The van der Waals surface area contributed by atoms with Crippen LogP contribution >= 0.6 is 0 Å². The van der Waals surface area contributed by atoms with Gasteiger partial charge in [-0.15, -0.1) is 0 Å². The first-order valence-electron chi connectivity index (χ1n) is 8.95. The molecule has 0 bridgehead atoms. The third-order valence-corrected chi connectivity index (χ3v) is 4.20. The summed E-state index contributed by atoms with van der Waals surface area (Å²) >= 11 is 0. The predicted octanol–water partition coefficient (Wildman–Crippen LogP) is 4.78. The van der Waals surface area contributed by atoms with Crippen LogP contribution in [0.1, 0.15) is 26.3 Å². The maximum Gasteiger partial charge on any atom is 0.302 e. The lowest BCUT2D eigenvalue weighted by atomic mass is 10.1. The number of fused-ring (bicyclic) bond motifs is 1. The molecule has 0 radical (unpaired) electrons. The maximum atomic E-state index is 11.8. The van der Waals surface area contributed by atoms with Crippen molar-refractivity contribution in [3.05, 3.63) is 54.1 Å². The first kappa shape index (κ1) is 18.7. The molecule has 0 N–H and O–H groups in total. The van der Waals surface area contributed by atoms with Crippen LogP contribution in [0.25, 0.3) is 22.3 Å². The maximum absolute atomic E-state index is 11.8. The fourth-order valence-electron chi connectivity index (χ4n) is 3.03. The Morgan fingerprint density at radius 3 is 2.48 bits per heavy atom. The first-order valence-corrected chi connectivity index (χ1v) is 8.95. The van der Waals surface area contributed by atoms with E-state index in [1.807, 2.05) is 48.5 Å². The number of esters is 1. The van der Waals surface area contributed by atoms with Gasteiger partial charge in [-0.1, -0.05) is 50.2 Å². The summed E-state index contributed by atoms with van der Waals surface area (Å²) < 4.78 is 11.1. The second-order valence-electron chi connectivity index (χ2n) is 6.90. The van der Waals surface area contributed by atoms with Crippen LogP contribution in [-0.4, -0.2) is 18.9 Å². The van der Waals surface area contributed by atoms with Gasteiger partial charge < -0.3 is 14.1 Å². The minimum Gasteiger partial charge on any atom is -0.461 e. The van der Waals surface area contributed by atoms with Crippen LogP contribution in [-0.2, 0) is 20.9 Å². The van der Waals surface area contributed by atoms with Gasteiger partial charge in [-0.2, -0.15) is 0 Å². The lowest BCUT2D eigenvalue weighted by Gasteiger charge is -2.20. The Balaban J connectivity index is 2.04. The van der Waals surface area contributed by atoms with Crippen LogP contribution < -0.4 is 4.90 Å². The van der Waals surface area contributed by atoms with Crippen molar-refractivity contribution in [2.24, 2.45) is 5.92 Å². The topological polar surface area (TPSA) is 59.8 Å². The zero-order valence-corrected chi connectivity index (χ0v) is 15.8. The van der Waals surface area contributed by atoms with E-state index in [9.17, 15) is 9.59 Å². The molecule has 0 unspecified atom stereocenters. The molecule has 3 aromatic rings. The second-order valence-corrected chi connectivity index (χ2v) is 6.90. The molecule has 5 nitrogen and oxygen atoms in total. The molecule has 0 fully saturated rings. The molecule has 0 saturated heterocycles. The number of anilines is 1. The molecule has 5 heteroatoms. The smallest absolute Gasteiger partial charge is 0.302 e. The molecule has 0 saturated carbocycles. The molecule has 1 aromatic heterocycles. The van der Waals surface area contributed by atoms with E-state index in [0.29, 0.717) is 18.2 Å². The Kier molecular flexibility index (Phi) is 5.60. The first-order chi connectivity index (χ1) is 13.0. The summed E-state index contributed by atoms with van der Waals surface area (Å²) in [5.41, 5.74) is 3.27.